The van der Waals surface area contributed by atoms with Gasteiger partial charge in [-0.1, -0.05) is 12.1 Å². The van der Waals surface area contributed by atoms with E-state index in [0.29, 0.717) is 11.3 Å². The first-order valence-electron chi connectivity index (χ1n) is 4.48. The molecule has 0 unspecified atom stereocenters. The van der Waals surface area contributed by atoms with Crippen LogP contribution in [0.2, 0.25) is 0 Å². The van der Waals surface area contributed by atoms with Crippen molar-refractivity contribution in [1.82, 2.24) is 9.78 Å². The number of hydrogen-bond acceptors (Lipinski definition) is 2. The molecule has 15 heavy (non-hydrogen) atoms. The summed E-state index contributed by atoms with van der Waals surface area (Å²) in [7, 11) is 1.53. The minimum Gasteiger partial charge on any atom is -0.268 e. The van der Waals surface area contributed by atoms with Crippen LogP contribution >= 0.6 is 0 Å². The number of halogens is 1. The van der Waals surface area contributed by atoms with Crippen molar-refractivity contribution in [3.05, 3.63) is 52.6 Å². The minimum absolute atomic E-state index is 0.213. The van der Waals surface area contributed by atoms with Crippen LogP contribution in [-0.2, 0) is 7.05 Å². The molecule has 0 aliphatic carbocycles. The molecule has 0 saturated carbocycles. The second-order valence-electron chi connectivity index (χ2n) is 3.16. The molecule has 0 fully saturated rings. The van der Waals surface area contributed by atoms with Crippen LogP contribution in [0.25, 0.3) is 11.3 Å². The SMILES string of the molecule is Cn1nc(-c2ccccc2F)ccc1=O. The van der Waals surface area contributed by atoms with Gasteiger partial charge in [-0.2, -0.15) is 5.10 Å². The summed E-state index contributed by atoms with van der Waals surface area (Å²) in [5.41, 5.74) is 0.637. The summed E-state index contributed by atoms with van der Waals surface area (Å²) in [6.07, 6.45) is 0. The van der Waals surface area contributed by atoms with Gasteiger partial charge in [0.05, 0.1) is 5.69 Å². The summed E-state index contributed by atoms with van der Waals surface area (Å²) in [6, 6.07) is 9.21. The molecule has 0 radical (unpaired) electrons. The molecule has 0 spiro atoms. The summed E-state index contributed by atoms with van der Waals surface area (Å²) in [4.78, 5) is 11.1. The van der Waals surface area contributed by atoms with Gasteiger partial charge in [0, 0.05) is 18.7 Å². The van der Waals surface area contributed by atoms with Crippen LogP contribution < -0.4 is 5.56 Å². The van der Waals surface area contributed by atoms with E-state index in [4.69, 9.17) is 0 Å². The van der Waals surface area contributed by atoms with Crippen molar-refractivity contribution in [3.63, 3.8) is 0 Å². The van der Waals surface area contributed by atoms with Crippen LogP contribution in [0.1, 0.15) is 0 Å². The summed E-state index contributed by atoms with van der Waals surface area (Å²) < 4.78 is 14.6. The fraction of sp³-hybridized carbons (Fsp3) is 0.0909. The summed E-state index contributed by atoms with van der Waals surface area (Å²) in [5.74, 6) is -0.344. The fourth-order valence-corrected chi connectivity index (χ4v) is 1.31. The zero-order chi connectivity index (χ0) is 10.8. The molecule has 0 bridgehead atoms. The van der Waals surface area contributed by atoms with Crippen molar-refractivity contribution in [2.45, 2.75) is 0 Å². The molecule has 3 nitrogen and oxygen atoms in total. The Kier molecular flexibility index (Phi) is 2.33. The zero-order valence-corrected chi connectivity index (χ0v) is 8.14. The summed E-state index contributed by atoms with van der Waals surface area (Å²) >= 11 is 0. The Bertz CT molecular complexity index is 548. The van der Waals surface area contributed by atoms with Crippen molar-refractivity contribution < 1.29 is 4.39 Å². The Morgan fingerprint density at radius 1 is 1.20 bits per heavy atom. The molecule has 1 aromatic heterocycles. The molecule has 1 heterocycles. The lowest BCUT2D eigenvalue weighted by Crippen LogP contribution is -2.18. The standard InChI is InChI=1S/C11H9FN2O/c1-14-11(15)7-6-10(13-14)8-4-2-3-5-9(8)12/h2-7H,1H3. The normalized spacial score (nSPS) is 10.3. The van der Waals surface area contributed by atoms with Crippen molar-refractivity contribution in [2.75, 3.05) is 0 Å². The number of hydrogen-bond donors (Lipinski definition) is 0. The molecule has 0 atom stereocenters. The van der Waals surface area contributed by atoms with Crippen LogP contribution in [0.3, 0.4) is 0 Å². The van der Waals surface area contributed by atoms with E-state index in [-0.39, 0.29) is 11.4 Å². The lowest BCUT2D eigenvalue weighted by atomic mass is 10.1. The van der Waals surface area contributed by atoms with Gasteiger partial charge in [-0.25, -0.2) is 9.07 Å². The third kappa shape index (κ3) is 1.79. The Balaban J connectivity index is 2.60. The Labute approximate surface area is 85.8 Å². The fourth-order valence-electron chi connectivity index (χ4n) is 1.31. The highest BCUT2D eigenvalue weighted by molar-refractivity contribution is 5.58. The molecule has 76 valence electrons. The highest BCUT2D eigenvalue weighted by atomic mass is 19.1. The summed E-state index contributed by atoms with van der Waals surface area (Å²) in [5, 5.41) is 3.97. The van der Waals surface area contributed by atoms with Crippen molar-refractivity contribution >= 4 is 0 Å². The Hall–Kier alpha value is -1.97. The van der Waals surface area contributed by atoms with Gasteiger partial charge in [0.1, 0.15) is 5.82 Å². The predicted molar refractivity (Wildman–Crippen MR) is 54.9 cm³/mol. The van der Waals surface area contributed by atoms with E-state index in [1.165, 1.54) is 29.9 Å². The molecule has 0 amide bonds. The number of benzene rings is 1. The van der Waals surface area contributed by atoms with Crippen molar-refractivity contribution in [2.24, 2.45) is 7.05 Å². The van der Waals surface area contributed by atoms with Gasteiger partial charge >= 0.3 is 0 Å². The van der Waals surface area contributed by atoms with Gasteiger partial charge in [0.2, 0.25) is 0 Å². The molecule has 1 aromatic carbocycles. The lowest BCUT2D eigenvalue weighted by Gasteiger charge is -2.03. The minimum atomic E-state index is -0.344. The molecule has 0 aliphatic rings. The first kappa shape index (κ1) is 9.58. The van der Waals surface area contributed by atoms with Crippen LogP contribution in [0, 0.1) is 5.82 Å². The first-order valence-corrected chi connectivity index (χ1v) is 4.48. The Morgan fingerprint density at radius 3 is 2.60 bits per heavy atom. The quantitative estimate of drug-likeness (QED) is 0.707. The molecule has 0 saturated heterocycles. The molecular formula is C11H9FN2O. The van der Waals surface area contributed by atoms with Gasteiger partial charge < -0.3 is 0 Å². The average molecular weight is 204 g/mol. The van der Waals surface area contributed by atoms with Crippen molar-refractivity contribution in [1.29, 1.82) is 0 Å². The van der Waals surface area contributed by atoms with Crippen molar-refractivity contribution in [3.8, 4) is 11.3 Å². The molecule has 0 aliphatic heterocycles. The van der Waals surface area contributed by atoms with Crippen LogP contribution in [0.15, 0.2) is 41.2 Å². The zero-order valence-electron chi connectivity index (χ0n) is 8.14. The number of rotatable bonds is 1. The van der Waals surface area contributed by atoms with E-state index in [1.54, 1.807) is 18.2 Å². The highest BCUT2D eigenvalue weighted by Crippen LogP contribution is 2.18. The molecule has 4 heteroatoms. The number of aryl methyl sites for hydroxylation is 1. The predicted octanol–water partition coefficient (Wildman–Crippen LogP) is 1.59. The van der Waals surface area contributed by atoms with Crippen LogP contribution in [0.4, 0.5) is 4.39 Å². The maximum Gasteiger partial charge on any atom is 0.266 e. The highest BCUT2D eigenvalue weighted by Gasteiger charge is 2.05. The monoisotopic (exact) mass is 204 g/mol. The molecule has 0 N–H and O–H groups in total. The van der Waals surface area contributed by atoms with Crippen LogP contribution in [-0.4, -0.2) is 9.78 Å². The average Bonchev–Trinajstić information content (AvgIpc) is 2.23. The van der Waals surface area contributed by atoms with Gasteiger partial charge in [-0.3, -0.25) is 4.79 Å². The lowest BCUT2D eigenvalue weighted by molar-refractivity contribution is 0.628. The maximum absolute atomic E-state index is 13.4. The van der Waals surface area contributed by atoms with E-state index >= 15 is 0 Å². The van der Waals surface area contributed by atoms with E-state index in [9.17, 15) is 9.18 Å². The molecular weight excluding hydrogens is 195 g/mol. The second-order valence-corrected chi connectivity index (χ2v) is 3.16. The first-order chi connectivity index (χ1) is 7.18. The largest absolute Gasteiger partial charge is 0.268 e. The van der Waals surface area contributed by atoms with Crippen LogP contribution in [0.5, 0.6) is 0 Å². The van der Waals surface area contributed by atoms with Gasteiger partial charge in [0.25, 0.3) is 5.56 Å². The third-order valence-electron chi connectivity index (χ3n) is 2.11. The van der Waals surface area contributed by atoms with E-state index in [1.807, 2.05) is 0 Å². The number of nitrogens with zero attached hydrogens (tertiary/aromatic N) is 2. The molecule has 2 aromatic rings. The van der Waals surface area contributed by atoms with E-state index < -0.39 is 0 Å². The Morgan fingerprint density at radius 2 is 1.93 bits per heavy atom. The van der Waals surface area contributed by atoms with Gasteiger partial charge in [-0.05, 0) is 18.2 Å². The molecule has 2 rings (SSSR count). The third-order valence-corrected chi connectivity index (χ3v) is 2.11. The maximum atomic E-state index is 13.4. The number of aromatic nitrogens is 2. The van der Waals surface area contributed by atoms with Gasteiger partial charge in [0.15, 0.2) is 0 Å². The van der Waals surface area contributed by atoms with E-state index in [2.05, 4.69) is 5.10 Å². The smallest absolute Gasteiger partial charge is 0.266 e. The topological polar surface area (TPSA) is 34.9 Å². The van der Waals surface area contributed by atoms with Gasteiger partial charge in [-0.15, -0.1) is 0 Å². The van der Waals surface area contributed by atoms with E-state index in [0.717, 1.165) is 0 Å². The second kappa shape index (κ2) is 3.65. The summed E-state index contributed by atoms with van der Waals surface area (Å²) in [6.45, 7) is 0.